The minimum atomic E-state index is -1.05. The molecule has 0 unspecified atom stereocenters. The van der Waals surface area contributed by atoms with Crippen LogP contribution in [0.15, 0.2) is 11.6 Å². The number of anilines is 1. The van der Waals surface area contributed by atoms with Crippen LogP contribution in [0.1, 0.15) is 36.2 Å². The van der Waals surface area contributed by atoms with E-state index in [4.69, 9.17) is 5.73 Å². The molecule has 2 aromatic heterocycles. The van der Waals surface area contributed by atoms with Crippen LogP contribution in [-0.2, 0) is 4.79 Å². The number of aromatic carboxylic acids is 1. The smallest absolute Gasteiger partial charge is 0.356 e. The van der Waals surface area contributed by atoms with Gasteiger partial charge in [0, 0.05) is 17.6 Å². The largest absolute Gasteiger partial charge is 0.476 e. The predicted octanol–water partition coefficient (Wildman–Crippen LogP) is 1.33. The van der Waals surface area contributed by atoms with Gasteiger partial charge in [-0.3, -0.25) is 9.20 Å². The van der Waals surface area contributed by atoms with Gasteiger partial charge in [0.2, 0.25) is 5.91 Å². The summed E-state index contributed by atoms with van der Waals surface area (Å²) in [7, 11) is 0. The molecule has 0 aliphatic heterocycles. The Kier molecular flexibility index (Phi) is 3.54. The summed E-state index contributed by atoms with van der Waals surface area (Å²) in [5.74, 6) is -1.18. The lowest BCUT2D eigenvalue weighted by atomic mass is 10.2. The van der Waals surface area contributed by atoms with Crippen LogP contribution < -0.4 is 10.6 Å². The van der Waals surface area contributed by atoms with E-state index in [1.54, 1.807) is 20.9 Å². The zero-order chi connectivity index (χ0) is 15.0. The topological polar surface area (TPSA) is 101 Å². The maximum Gasteiger partial charge on any atom is 0.356 e. The minimum Gasteiger partial charge on any atom is -0.476 e. The predicted molar refractivity (Wildman–Crippen MR) is 78.8 cm³/mol. The number of thiazole rings is 1. The van der Waals surface area contributed by atoms with Crippen molar-refractivity contribution in [3.05, 3.63) is 17.3 Å². The quantitative estimate of drug-likeness (QED) is 0.867. The second-order valence-corrected chi connectivity index (χ2v) is 6.05. The van der Waals surface area contributed by atoms with E-state index in [-0.39, 0.29) is 18.3 Å². The van der Waals surface area contributed by atoms with Gasteiger partial charge in [0.05, 0.1) is 6.54 Å². The summed E-state index contributed by atoms with van der Waals surface area (Å²) in [6, 6.07) is 0.125. The van der Waals surface area contributed by atoms with E-state index in [0.717, 1.165) is 25.7 Å². The molecule has 1 amide bonds. The molecule has 3 N–H and O–H groups in total. The van der Waals surface area contributed by atoms with Crippen LogP contribution in [0.3, 0.4) is 0 Å². The van der Waals surface area contributed by atoms with Crippen molar-refractivity contribution in [2.75, 3.05) is 11.4 Å². The Morgan fingerprint density at radius 2 is 2.19 bits per heavy atom. The van der Waals surface area contributed by atoms with Gasteiger partial charge in [0.25, 0.3) is 0 Å². The molecule has 21 heavy (non-hydrogen) atoms. The first-order valence-electron chi connectivity index (χ1n) is 6.81. The molecule has 112 valence electrons. The molecule has 8 heteroatoms. The number of carbonyl (C=O) groups is 2. The lowest BCUT2D eigenvalue weighted by Gasteiger charge is -2.28. The molecular formula is C13H16N4O3S. The lowest BCUT2D eigenvalue weighted by molar-refractivity contribution is -0.116. The number of hydrogen-bond acceptors (Lipinski definition) is 5. The van der Waals surface area contributed by atoms with Gasteiger partial charge in [-0.2, -0.15) is 0 Å². The fourth-order valence-electron chi connectivity index (χ4n) is 2.93. The van der Waals surface area contributed by atoms with Gasteiger partial charge in [-0.25, -0.2) is 9.78 Å². The van der Waals surface area contributed by atoms with E-state index in [1.165, 1.54) is 11.3 Å². The molecule has 0 radical (unpaired) electrons. The Bertz CT molecular complexity index is 687. The number of carboxylic acid groups (broad SMARTS) is 1. The highest BCUT2D eigenvalue weighted by Gasteiger charge is 2.31. The Hall–Kier alpha value is -2.09. The number of nitrogens with zero attached hydrogens (tertiary/aromatic N) is 3. The first-order valence-corrected chi connectivity index (χ1v) is 7.69. The fraction of sp³-hybridized carbons (Fsp3) is 0.462. The van der Waals surface area contributed by atoms with Crippen LogP contribution in [-0.4, -0.2) is 39.0 Å². The van der Waals surface area contributed by atoms with E-state index in [1.807, 2.05) is 0 Å². The van der Waals surface area contributed by atoms with Crippen LogP contribution in [0.25, 0.3) is 4.96 Å². The van der Waals surface area contributed by atoms with Gasteiger partial charge in [-0.1, -0.05) is 12.8 Å². The minimum absolute atomic E-state index is 0.00419. The third-order valence-corrected chi connectivity index (χ3v) is 4.57. The van der Waals surface area contributed by atoms with Crippen molar-refractivity contribution >= 4 is 34.0 Å². The fourth-order valence-corrected chi connectivity index (χ4v) is 3.64. The van der Waals surface area contributed by atoms with Crippen molar-refractivity contribution in [3.8, 4) is 0 Å². The molecule has 1 saturated carbocycles. The van der Waals surface area contributed by atoms with Gasteiger partial charge in [-0.05, 0) is 12.8 Å². The Balaban J connectivity index is 2.09. The Morgan fingerprint density at radius 3 is 2.81 bits per heavy atom. The van der Waals surface area contributed by atoms with Crippen LogP contribution in [0.5, 0.6) is 0 Å². The summed E-state index contributed by atoms with van der Waals surface area (Å²) in [6.45, 7) is -0.00419. The van der Waals surface area contributed by atoms with Crippen LogP contribution >= 0.6 is 11.3 Å². The van der Waals surface area contributed by atoms with Gasteiger partial charge < -0.3 is 15.7 Å². The molecule has 0 saturated heterocycles. The van der Waals surface area contributed by atoms with Crippen molar-refractivity contribution in [2.24, 2.45) is 5.73 Å². The van der Waals surface area contributed by atoms with Crippen molar-refractivity contribution < 1.29 is 14.7 Å². The number of carboxylic acids is 1. The number of carbonyl (C=O) groups excluding carboxylic acids is 1. The summed E-state index contributed by atoms with van der Waals surface area (Å²) in [5, 5.41) is 11.3. The van der Waals surface area contributed by atoms with E-state index < -0.39 is 11.9 Å². The SMILES string of the molecule is NC(=O)CN(c1nc2sccn2c1C(=O)O)C1CCCC1. The van der Waals surface area contributed by atoms with Gasteiger partial charge >= 0.3 is 5.97 Å². The number of amides is 1. The Labute approximate surface area is 125 Å². The first-order chi connectivity index (χ1) is 10.1. The van der Waals surface area contributed by atoms with Crippen LogP contribution in [0.2, 0.25) is 0 Å². The lowest BCUT2D eigenvalue weighted by Crippen LogP contribution is -2.41. The zero-order valence-corrected chi connectivity index (χ0v) is 12.2. The highest BCUT2D eigenvalue weighted by atomic mass is 32.1. The van der Waals surface area contributed by atoms with E-state index in [0.29, 0.717) is 10.8 Å². The number of imidazole rings is 1. The van der Waals surface area contributed by atoms with E-state index >= 15 is 0 Å². The molecule has 1 aliphatic rings. The molecule has 0 atom stereocenters. The highest BCUT2D eigenvalue weighted by Crippen LogP contribution is 2.31. The molecule has 1 aliphatic carbocycles. The second kappa shape index (κ2) is 5.36. The number of fused-ring (bicyclic) bond motifs is 1. The van der Waals surface area contributed by atoms with Crippen molar-refractivity contribution in [1.82, 2.24) is 9.38 Å². The number of hydrogen-bond donors (Lipinski definition) is 2. The number of rotatable bonds is 5. The number of aromatic nitrogens is 2. The maximum absolute atomic E-state index is 11.6. The molecular weight excluding hydrogens is 292 g/mol. The molecule has 2 aromatic rings. The summed E-state index contributed by atoms with van der Waals surface area (Å²) in [4.78, 5) is 29.8. The van der Waals surface area contributed by atoms with Gasteiger partial charge in [0.1, 0.15) is 0 Å². The summed E-state index contributed by atoms with van der Waals surface area (Å²) in [6.07, 6.45) is 5.68. The summed E-state index contributed by atoms with van der Waals surface area (Å²) < 4.78 is 1.55. The van der Waals surface area contributed by atoms with Crippen molar-refractivity contribution in [2.45, 2.75) is 31.7 Å². The average Bonchev–Trinajstić information content (AvgIpc) is 3.11. The Morgan fingerprint density at radius 1 is 1.48 bits per heavy atom. The molecule has 3 rings (SSSR count). The zero-order valence-electron chi connectivity index (χ0n) is 11.4. The molecule has 0 spiro atoms. The monoisotopic (exact) mass is 308 g/mol. The standard InChI is InChI=1S/C13H16N4O3S/c14-9(18)7-17(8-3-1-2-4-8)11-10(12(19)20)16-5-6-21-13(16)15-11/h5-6,8H,1-4,7H2,(H2,14,18)(H,19,20). The van der Waals surface area contributed by atoms with Gasteiger partial charge in [-0.15, -0.1) is 11.3 Å². The van der Waals surface area contributed by atoms with Crippen LogP contribution in [0, 0.1) is 0 Å². The summed E-state index contributed by atoms with van der Waals surface area (Å²) in [5.41, 5.74) is 5.43. The van der Waals surface area contributed by atoms with Crippen molar-refractivity contribution in [3.63, 3.8) is 0 Å². The molecule has 2 heterocycles. The summed E-state index contributed by atoms with van der Waals surface area (Å²) >= 11 is 1.36. The number of primary amides is 1. The second-order valence-electron chi connectivity index (χ2n) is 5.18. The van der Waals surface area contributed by atoms with E-state index in [9.17, 15) is 14.7 Å². The maximum atomic E-state index is 11.6. The molecule has 7 nitrogen and oxygen atoms in total. The molecule has 1 fully saturated rings. The normalized spacial score (nSPS) is 15.6. The number of nitrogens with two attached hydrogens (primary N) is 1. The highest BCUT2D eigenvalue weighted by molar-refractivity contribution is 7.15. The first kappa shape index (κ1) is 13.9. The third-order valence-electron chi connectivity index (χ3n) is 3.81. The van der Waals surface area contributed by atoms with Crippen LogP contribution in [0.4, 0.5) is 5.82 Å². The van der Waals surface area contributed by atoms with Gasteiger partial charge in [0.15, 0.2) is 16.5 Å². The van der Waals surface area contributed by atoms with E-state index in [2.05, 4.69) is 4.98 Å². The average molecular weight is 308 g/mol. The molecule has 0 bridgehead atoms. The molecule has 0 aromatic carbocycles. The third kappa shape index (κ3) is 2.46. The van der Waals surface area contributed by atoms with Crippen molar-refractivity contribution in [1.29, 1.82) is 0 Å².